The minimum Gasteiger partial charge on any atom is -0.468 e. The van der Waals surface area contributed by atoms with Crippen molar-refractivity contribution in [1.82, 2.24) is 15.1 Å². The maximum Gasteiger partial charge on any atom is 0.327 e. The molecule has 0 fully saturated rings. The van der Waals surface area contributed by atoms with E-state index in [-0.39, 0.29) is 5.97 Å². The lowest BCUT2D eigenvalue weighted by Crippen LogP contribution is -2.53. The predicted molar refractivity (Wildman–Crippen MR) is 73.5 cm³/mol. The number of likely N-dealkylation sites (N-methyl/N-ethyl adjacent to an activating group) is 1. The molecular formula is C12H20BrN3O2. The molecule has 0 radical (unpaired) electrons. The highest BCUT2D eigenvalue weighted by Gasteiger charge is 2.35. The van der Waals surface area contributed by atoms with E-state index in [4.69, 9.17) is 4.74 Å². The lowest BCUT2D eigenvalue weighted by Gasteiger charge is -2.27. The van der Waals surface area contributed by atoms with Crippen molar-refractivity contribution in [2.75, 3.05) is 13.7 Å². The highest BCUT2D eigenvalue weighted by molar-refractivity contribution is 9.10. The first-order valence-corrected chi connectivity index (χ1v) is 6.68. The Bertz CT molecular complexity index is 445. The normalized spacial score (nSPS) is 14.3. The van der Waals surface area contributed by atoms with Crippen molar-refractivity contribution in [2.24, 2.45) is 0 Å². The monoisotopic (exact) mass is 317 g/mol. The number of hydrogen-bond acceptors (Lipinski definition) is 4. The lowest BCUT2D eigenvalue weighted by molar-refractivity contribution is -0.148. The maximum absolute atomic E-state index is 11.9. The Kier molecular flexibility index (Phi) is 4.92. The molecule has 1 rings (SSSR count). The van der Waals surface area contributed by atoms with Gasteiger partial charge in [-0.3, -0.25) is 4.68 Å². The fourth-order valence-electron chi connectivity index (χ4n) is 1.94. The molecule has 1 atom stereocenters. The summed E-state index contributed by atoms with van der Waals surface area (Å²) in [6.07, 6.45) is 0. The predicted octanol–water partition coefficient (Wildman–Crippen LogP) is 1.80. The number of ether oxygens (including phenoxy) is 1. The van der Waals surface area contributed by atoms with Gasteiger partial charge in [-0.1, -0.05) is 6.92 Å². The Morgan fingerprint density at radius 1 is 1.56 bits per heavy atom. The molecule has 18 heavy (non-hydrogen) atoms. The van der Waals surface area contributed by atoms with Gasteiger partial charge >= 0.3 is 5.97 Å². The Hall–Kier alpha value is -0.880. The fraction of sp³-hybridized carbons (Fsp3) is 0.667. The van der Waals surface area contributed by atoms with E-state index in [0.717, 1.165) is 15.9 Å². The Morgan fingerprint density at radius 3 is 2.56 bits per heavy atom. The molecule has 1 unspecified atom stereocenters. The first-order chi connectivity index (χ1) is 8.35. The summed E-state index contributed by atoms with van der Waals surface area (Å²) >= 11 is 3.48. The van der Waals surface area contributed by atoms with Gasteiger partial charge < -0.3 is 10.1 Å². The molecule has 5 nitrogen and oxygen atoms in total. The number of carbonyl (C=O) groups is 1. The molecule has 1 aromatic heterocycles. The molecule has 0 saturated heterocycles. The van der Waals surface area contributed by atoms with E-state index in [1.54, 1.807) is 0 Å². The number of rotatable bonds is 5. The molecule has 0 aliphatic carbocycles. The number of nitrogens with one attached hydrogen (secondary N) is 1. The number of carbonyl (C=O) groups excluding carboxylic acids is 1. The van der Waals surface area contributed by atoms with Gasteiger partial charge in [0, 0.05) is 5.69 Å². The molecule has 1 aromatic rings. The van der Waals surface area contributed by atoms with E-state index in [9.17, 15) is 4.79 Å². The molecule has 0 aromatic carbocycles. The summed E-state index contributed by atoms with van der Waals surface area (Å²) in [5, 5.41) is 7.58. The third-order valence-corrected chi connectivity index (χ3v) is 4.11. The van der Waals surface area contributed by atoms with Crippen LogP contribution < -0.4 is 5.32 Å². The molecule has 0 aliphatic rings. The zero-order chi connectivity index (χ0) is 13.9. The highest BCUT2D eigenvalue weighted by atomic mass is 79.9. The zero-order valence-electron chi connectivity index (χ0n) is 11.5. The van der Waals surface area contributed by atoms with E-state index >= 15 is 0 Å². The summed E-state index contributed by atoms with van der Waals surface area (Å²) in [4.78, 5) is 11.9. The molecule has 1 heterocycles. The Balaban J connectivity index is 3.03. The van der Waals surface area contributed by atoms with Gasteiger partial charge in [-0.25, -0.2) is 4.79 Å². The van der Waals surface area contributed by atoms with Crippen LogP contribution in [-0.2, 0) is 16.1 Å². The average Bonchev–Trinajstić information content (AvgIpc) is 2.56. The topological polar surface area (TPSA) is 56.2 Å². The number of esters is 1. The van der Waals surface area contributed by atoms with Crippen molar-refractivity contribution < 1.29 is 9.53 Å². The number of nitrogens with zero attached hydrogens (tertiary/aromatic N) is 2. The average molecular weight is 318 g/mol. The van der Waals surface area contributed by atoms with Crippen LogP contribution in [0, 0.1) is 13.8 Å². The van der Waals surface area contributed by atoms with Gasteiger partial charge in [0.15, 0.2) is 0 Å². The number of methoxy groups -OCH3 is 1. The smallest absolute Gasteiger partial charge is 0.327 e. The maximum atomic E-state index is 11.9. The van der Waals surface area contributed by atoms with Gasteiger partial charge in [0.05, 0.1) is 23.8 Å². The second-order valence-electron chi connectivity index (χ2n) is 4.50. The second kappa shape index (κ2) is 5.84. The largest absolute Gasteiger partial charge is 0.468 e. The highest BCUT2D eigenvalue weighted by Crippen LogP contribution is 2.21. The molecule has 0 aliphatic heterocycles. The fourth-order valence-corrected chi connectivity index (χ4v) is 2.22. The summed E-state index contributed by atoms with van der Waals surface area (Å²) in [6, 6.07) is 0. The van der Waals surface area contributed by atoms with Crippen LogP contribution in [0.1, 0.15) is 25.2 Å². The Labute approximate surface area is 116 Å². The number of halogens is 1. The summed E-state index contributed by atoms with van der Waals surface area (Å²) in [5.41, 5.74) is 1.14. The van der Waals surface area contributed by atoms with Crippen LogP contribution in [0.5, 0.6) is 0 Å². The zero-order valence-corrected chi connectivity index (χ0v) is 13.1. The third-order valence-electron chi connectivity index (χ3n) is 2.96. The van der Waals surface area contributed by atoms with E-state index in [1.807, 2.05) is 32.4 Å². The van der Waals surface area contributed by atoms with E-state index < -0.39 is 5.54 Å². The first-order valence-electron chi connectivity index (χ1n) is 5.88. The van der Waals surface area contributed by atoms with Crippen LogP contribution in [0.2, 0.25) is 0 Å². The molecule has 0 spiro atoms. The minimum absolute atomic E-state index is 0.284. The quantitative estimate of drug-likeness (QED) is 0.841. The molecule has 0 saturated carbocycles. The summed E-state index contributed by atoms with van der Waals surface area (Å²) in [6.45, 7) is 8.80. The number of hydrogen-bond donors (Lipinski definition) is 1. The standard InChI is InChI=1S/C12H20BrN3O2/c1-6-14-12(4,11(17)18-5)7-16-9(3)10(13)8(2)15-16/h14H,6-7H2,1-5H3. The minimum atomic E-state index is -0.772. The summed E-state index contributed by atoms with van der Waals surface area (Å²) < 4.78 is 7.66. The van der Waals surface area contributed by atoms with E-state index in [2.05, 4.69) is 26.3 Å². The van der Waals surface area contributed by atoms with Crippen LogP contribution in [0.15, 0.2) is 4.47 Å². The number of aromatic nitrogens is 2. The van der Waals surface area contributed by atoms with Gasteiger partial charge in [-0.2, -0.15) is 5.10 Å². The number of aryl methyl sites for hydroxylation is 1. The van der Waals surface area contributed by atoms with Crippen molar-refractivity contribution in [1.29, 1.82) is 0 Å². The molecule has 0 amide bonds. The Morgan fingerprint density at radius 2 is 2.17 bits per heavy atom. The van der Waals surface area contributed by atoms with Gasteiger partial charge in [-0.05, 0) is 43.2 Å². The van der Waals surface area contributed by atoms with Crippen molar-refractivity contribution in [3.05, 3.63) is 15.9 Å². The SMILES string of the molecule is CCNC(C)(Cn1nc(C)c(Br)c1C)C(=O)OC. The molecule has 102 valence electrons. The first kappa shape index (κ1) is 15.2. The van der Waals surface area contributed by atoms with Gasteiger partial charge in [0.1, 0.15) is 5.54 Å². The van der Waals surface area contributed by atoms with E-state index in [0.29, 0.717) is 13.1 Å². The molecular weight excluding hydrogens is 298 g/mol. The van der Waals surface area contributed by atoms with Gasteiger partial charge in [0.25, 0.3) is 0 Å². The molecule has 0 bridgehead atoms. The summed E-state index contributed by atoms with van der Waals surface area (Å²) in [5.74, 6) is -0.284. The van der Waals surface area contributed by atoms with Crippen LogP contribution in [0.25, 0.3) is 0 Å². The van der Waals surface area contributed by atoms with Crippen LogP contribution in [0.3, 0.4) is 0 Å². The van der Waals surface area contributed by atoms with Gasteiger partial charge in [-0.15, -0.1) is 0 Å². The van der Waals surface area contributed by atoms with Crippen molar-refractivity contribution in [3.63, 3.8) is 0 Å². The van der Waals surface area contributed by atoms with Crippen molar-refractivity contribution >= 4 is 21.9 Å². The van der Waals surface area contributed by atoms with Crippen LogP contribution in [0.4, 0.5) is 0 Å². The second-order valence-corrected chi connectivity index (χ2v) is 5.29. The third kappa shape index (κ3) is 2.92. The van der Waals surface area contributed by atoms with Crippen molar-refractivity contribution in [2.45, 2.75) is 39.8 Å². The molecule has 6 heteroatoms. The summed E-state index contributed by atoms with van der Waals surface area (Å²) in [7, 11) is 1.40. The van der Waals surface area contributed by atoms with Crippen LogP contribution in [-0.4, -0.2) is 34.9 Å². The lowest BCUT2D eigenvalue weighted by atomic mass is 10.0. The molecule has 1 N–H and O–H groups in total. The van der Waals surface area contributed by atoms with Crippen LogP contribution >= 0.6 is 15.9 Å². The van der Waals surface area contributed by atoms with Gasteiger partial charge in [0.2, 0.25) is 0 Å². The van der Waals surface area contributed by atoms with Crippen molar-refractivity contribution in [3.8, 4) is 0 Å². The van der Waals surface area contributed by atoms with E-state index in [1.165, 1.54) is 7.11 Å².